The van der Waals surface area contributed by atoms with Crippen molar-refractivity contribution < 1.29 is 19.5 Å². The van der Waals surface area contributed by atoms with Crippen LogP contribution in [0.1, 0.15) is 31.4 Å². The summed E-state index contributed by atoms with van der Waals surface area (Å²) in [4.78, 5) is 40.7. The zero-order chi connectivity index (χ0) is 24.7. The fourth-order valence-electron chi connectivity index (χ4n) is 3.88. The van der Waals surface area contributed by atoms with Crippen LogP contribution in [0.15, 0.2) is 60.8 Å². The van der Waals surface area contributed by atoms with Crippen molar-refractivity contribution in [2.45, 2.75) is 51.2 Å². The first kappa shape index (κ1) is 25.0. The smallest absolute Gasteiger partial charge is 0.326 e. The van der Waals surface area contributed by atoms with E-state index in [1.807, 2.05) is 54.6 Å². The van der Waals surface area contributed by atoms with E-state index in [0.717, 1.165) is 22.0 Å². The van der Waals surface area contributed by atoms with Crippen LogP contribution in [0.4, 0.5) is 0 Å². The Labute approximate surface area is 198 Å². The van der Waals surface area contributed by atoms with Crippen LogP contribution in [0.3, 0.4) is 0 Å². The topological polar surface area (TPSA) is 137 Å². The average molecular weight is 465 g/mol. The molecule has 0 radical (unpaired) electrons. The summed E-state index contributed by atoms with van der Waals surface area (Å²) in [7, 11) is 0. The number of fused-ring (bicyclic) bond motifs is 1. The first-order valence-electron chi connectivity index (χ1n) is 11.4. The van der Waals surface area contributed by atoms with Gasteiger partial charge in [-0.1, -0.05) is 62.4 Å². The molecule has 0 spiro atoms. The molecule has 3 atom stereocenters. The van der Waals surface area contributed by atoms with Gasteiger partial charge in [-0.3, -0.25) is 9.59 Å². The van der Waals surface area contributed by atoms with Crippen molar-refractivity contribution in [1.82, 2.24) is 15.6 Å². The summed E-state index contributed by atoms with van der Waals surface area (Å²) in [6.45, 7) is 3.57. The minimum atomic E-state index is -1.15. The van der Waals surface area contributed by atoms with E-state index in [-0.39, 0.29) is 12.3 Å². The largest absolute Gasteiger partial charge is 0.480 e. The summed E-state index contributed by atoms with van der Waals surface area (Å²) in [6, 6.07) is 14.4. The van der Waals surface area contributed by atoms with Crippen molar-refractivity contribution >= 4 is 28.7 Å². The van der Waals surface area contributed by atoms with Gasteiger partial charge in [-0.2, -0.15) is 0 Å². The molecule has 180 valence electrons. The standard InChI is InChI=1S/C26H32N4O4/c1-16(2)23(30-24(31)20(27)13-12-17-8-4-3-5-9-17)25(32)29-22(26(33)34)14-18-15-28-21-11-7-6-10-19(18)21/h3-11,15-16,20,22-23,28H,12-14,27H2,1-2H3,(H,29,32)(H,30,31)(H,33,34)/t20-,22-,23-/m0/s1. The zero-order valence-corrected chi connectivity index (χ0v) is 19.5. The Bertz CT molecular complexity index is 1130. The lowest BCUT2D eigenvalue weighted by atomic mass is 10.00. The number of hydrogen-bond acceptors (Lipinski definition) is 4. The number of aromatic nitrogens is 1. The number of benzene rings is 2. The molecule has 0 saturated heterocycles. The molecule has 0 saturated carbocycles. The van der Waals surface area contributed by atoms with E-state index in [1.165, 1.54) is 0 Å². The van der Waals surface area contributed by atoms with Crippen LogP contribution >= 0.6 is 0 Å². The molecule has 1 aromatic heterocycles. The summed E-state index contributed by atoms with van der Waals surface area (Å²) in [5.41, 5.74) is 8.82. The van der Waals surface area contributed by atoms with Gasteiger partial charge in [-0.15, -0.1) is 0 Å². The highest BCUT2D eigenvalue weighted by Gasteiger charge is 2.30. The molecule has 1 heterocycles. The second-order valence-electron chi connectivity index (χ2n) is 8.82. The maximum atomic E-state index is 13.0. The molecule has 2 aromatic carbocycles. The van der Waals surface area contributed by atoms with Crippen LogP contribution in [0.25, 0.3) is 10.9 Å². The lowest BCUT2D eigenvalue weighted by Gasteiger charge is -2.25. The molecule has 2 amide bonds. The van der Waals surface area contributed by atoms with Crippen molar-refractivity contribution in [3.63, 3.8) is 0 Å². The number of H-pyrrole nitrogens is 1. The van der Waals surface area contributed by atoms with Crippen molar-refractivity contribution in [2.24, 2.45) is 11.7 Å². The molecule has 0 fully saturated rings. The number of hydrogen-bond donors (Lipinski definition) is 5. The molecule has 3 rings (SSSR count). The number of nitrogens with two attached hydrogens (primary N) is 1. The highest BCUT2D eigenvalue weighted by molar-refractivity contribution is 5.92. The summed E-state index contributed by atoms with van der Waals surface area (Å²) < 4.78 is 0. The predicted octanol–water partition coefficient (Wildman–Crippen LogP) is 2.38. The fourth-order valence-corrected chi connectivity index (χ4v) is 3.88. The molecule has 0 bridgehead atoms. The average Bonchev–Trinajstić information content (AvgIpc) is 3.23. The molecule has 0 aliphatic carbocycles. The van der Waals surface area contributed by atoms with Gasteiger partial charge < -0.3 is 26.5 Å². The Balaban J connectivity index is 1.62. The summed E-state index contributed by atoms with van der Waals surface area (Å²) in [5, 5.41) is 15.9. The van der Waals surface area contributed by atoms with Crippen LogP contribution in [-0.4, -0.2) is 46.0 Å². The Kier molecular flexibility index (Phi) is 8.43. The number of carboxylic acids is 1. The lowest BCUT2D eigenvalue weighted by molar-refractivity contribution is -0.142. The third-order valence-corrected chi connectivity index (χ3v) is 5.88. The van der Waals surface area contributed by atoms with Gasteiger partial charge in [0.25, 0.3) is 0 Å². The predicted molar refractivity (Wildman–Crippen MR) is 131 cm³/mol. The van der Waals surface area contributed by atoms with Gasteiger partial charge >= 0.3 is 5.97 Å². The maximum Gasteiger partial charge on any atom is 0.326 e. The summed E-state index contributed by atoms with van der Waals surface area (Å²) >= 11 is 0. The van der Waals surface area contributed by atoms with Crippen LogP contribution in [-0.2, 0) is 27.2 Å². The third-order valence-electron chi connectivity index (χ3n) is 5.88. The Morgan fingerprint density at radius 3 is 2.32 bits per heavy atom. The number of aliphatic carboxylic acids is 1. The van der Waals surface area contributed by atoms with Crippen molar-refractivity contribution in [2.75, 3.05) is 0 Å². The molecule has 6 N–H and O–H groups in total. The highest BCUT2D eigenvalue weighted by Crippen LogP contribution is 2.19. The van der Waals surface area contributed by atoms with Crippen molar-refractivity contribution in [3.05, 3.63) is 71.9 Å². The maximum absolute atomic E-state index is 13.0. The minimum absolute atomic E-state index is 0.112. The zero-order valence-electron chi connectivity index (χ0n) is 19.5. The number of para-hydroxylation sites is 1. The quantitative estimate of drug-likeness (QED) is 0.297. The number of amides is 2. The SMILES string of the molecule is CC(C)[C@H](NC(=O)[C@@H](N)CCc1ccccc1)C(=O)N[C@@H](Cc1c[nH]c2ccccc12)C(=O)O. The molecule has 3 aromatic rings. The van der Waals surface area contributed by atoms with E-state index in [9.17, 15) is 19.5 Å². The second kappa shape index (κ2) is 11.5. The van der Waals surface area contributed by atoms with Gasteiger partial charge in [0.15, 0.2) is 0 Å². The number of carbonyl (C=O) groups excluding carboxylic acids is 2. The van der Waals surface area contributed by atoms with E-state index < -0.39 is 35.9 Å². The van der Waals surface area contributed by atoms with Gasteiger partial charge in [0.1, 0.15) is 12.1 Å². The Morgan fingerprint density at radius 1 is 0.971 bits per heavy atom. The summed E-state index contributed by atoms with van der Waals surface area (Å²) in [5.74, 6) is -2.39. The molecular formula is C26H32N4O4. The number of aromatic amines is 1. The molecular weight excluding hydrogens is 432 g/mol. The lowest BCUT2D eigenvalue weighted by Crippen LogP contribution is -2.56. The van der Waals surface area contributed by atoms with Gasteiger partial charge in [0, 0.05) is 23.5 Å². The first-order chi connectivity index (χ1) is 16.3. The third kappa shape index (κ3) is 6.45. The van der Waals surface area contributed by atoms with Gasteiger partial charge in [0.05, 0.1) is 6.04 Å². The van der Waals surface area contributed by atoms with Crippen LogP contribution in [0.5, 0.6) is 0 Å². The number of nitrogens with one attached hydrogen (secondary N) is 3. The minimum Gasteiger partial charge on any atom is -0.480 e. The molecule has 0 aliphatic heterocycles. The molecule has 8 nitrogen and oxygen atoms in total. The second-order valence-corrected chi connectivity index (χ2v) is 8.82. The van der Waals surface area contributed by atoms with Crippen molar-refractivity contribution in [3.8, 4) is 0 Å². The first-order valence-corrected chi connectivity index (χ1v) is 11.4. The van der Waals surface area contributed by atoms with E-state index >= 15 is 0 Å². The van der Waals surface area contributed by atoms with Crippen LogP contribution in [0, 0.1) is 5.92 Å². The van der Waals surface area contributed by atoms with Crippen LogP contribution in [0.2, 0.25) is 0 Å². The van der Waals surface area contributed by atoms with Gasteiger partial charge in [-0.05, 0) is 36.0 Å². The van der Waals surface area contributed by atoms with E-state index in [1.54, 1.807) is 20.0 Å². The molecule has 0 aliphatic rings. The van der Waals surface area contributed by atoms with Gasteiger partial charge in [-0.25, -0.2) is 4.79 Å². The normalized spacial score (nSPS) is 13.9. The van der Waals surface area contributed by atoms with Gasteiger partial charge in [0.2, 0.25) is 11.8 Å². The number of aryl methyl sites for hydroxylation is 1. The molecule has 8 heteroatoms. The number of rotatable bonds is 11. The summed E-state index contributed by atoms with van der Waals surface area (Å²) in [6.07, 6.45) is 2.93. The highest BCUT2D eigenvalue weighted by atomic mass is 16.4. The van der Waals surface area contributed by atoms with Crippen LogP contribution < -0.4 is 16.4 Å². The Morgan fingerprint density at radius 2 is 1.65 bits per heavy atom. The van der Waals surface area contributed by atoms with E-state index in [4.69, 9.17) is 5.73 Å². The Hall–Kier alpha value is -3.65. The molecule has 0 unspecified atom stereocenters. The van der Waals surface area contributed by atoms with Crippen molar-refractivity contribution in [1.29, 1.82) is 0 Å². The monoisotopic (exact) mass is 464 g/mol. The van der Waals surface area contributed by atoms with E-state index in [2.05, 4.69) is 15.6 Å². The number of carboxylic acid groups (broad SMARTS) is 1. The molecule has 34 heavy (non-hydrogen) atoms. The number of carbonyl (C=O) groups is 3. The van der Waals surface area contributed by atoms with E-state index in [0.29, 0.717) is 12.8 Å². The fraction of sp³-hybridized carbons (Fsp3) is 0.346.